The summed E-state index contributed by atoms with van der Waals surface area (Å²) >= 11 is 0. The van der Waals surface area contributed by atoms with E-state index in [0.29, 0.717) is 30.9 Å². The van der Waals surface area contributed by atoms with Gasteiger partial charge in [-0.15, -0.1) is 0 Å². The van der Waals surface area contributed by atoms with Gasteiger partial charge < -0.3 is 10.2 Å². The Morgan fingerprint density at radius 1 is 1.33 bits per heavy atom. The second-order valence-corrected chi connectivity index (χ2v) is 7.62. The Bertz CT molecular complexity index is 1070. The maximum Gasteiger partial charge on any atom is 0.322 e. The molecule has 0 bridgehead atoms. The minimum absolute atomic E-state index is 0.136. The van der Waals surface area contributed by atoms with Crippen molar-refractivity contribution in [1.29, 1.82) is 5.26 Å². The van der Waals surface area contributed by atoms with Gasteiger partial charge >= 0.3 is 6.03 Å². The number of hydrazine groups is 1. The monoisotopic (exact) mass is 411 g/mol. The zero-order valence-corrected chi connectivity index (χ0v) is 17.0. The number of carbonyl (C=O) groups excluding carboxylic acids is 2. The van der Waals surface area contributed by atoms with Crippen molar-refractivity contribution in [3.05, 3.63) is 46.5 Å². The minimum atomic E-state index is -0.637. The molecule has 2 aliphatic heterocycles. The van der Waals surface area contributed by atoms with Gasteiger partial charge in [-0.05, 0) is 25.1 Å². The second-order valence-electron chi connectivity index (χ2n) is 7.62. The quantitative estimate of drug-likeness (QED) is 0.772. The van der Waals surface area contributed by atoms with E-state index in [1.165, 1.54) is 12.1 Å². The van der Waals surface area contributed by atoms with Crippen molar-refractivity contribution in [2.45, 2.75) is 32.5 Å². The smallest absolute Gasteiger partial charge is 0.317 e. The molecule has 2 aliphatic rings. The molecule has 0 fully saturated rings. The normalized spacial score (nSPS) is 19.0. The third kappa shape index (κ3) is 3.27. The lowest BCUT2D eigenvalue weighted by molar-refractivity contribution is 0.0240. The van der Waals surface area contributed by atoms with Crippen LogP contribution < -0.4 is 5.32 Å². The number of amides is 3. The summed E-state index contributed by atoms with van der Waals surface area (Å²) in [5.74, 6) is -0.794. The number of hydrogen-bond donors (Lipinski definition) is 1. The predicted molar refractivity (Wildman–Crippen MR) is 106 cm³/mol. The summed E-state index contributed by atoms with van der Waals surface area (Å²) in [6.07, 6.45) is 0.530. The van der Waals surface area contributed by atoms with E-state index in [9.17, 15) is 14.0 Å². The summed E-state index contributed by atoms with van der Waals surface area (Å²) in [4.78, 5) is 27.5. The second kappa shape index (κ2) is 7.42. The van der Waals surface area contributed by atoms with Crippen molar-refractivity contribution < 1.29 is 14.0 Å². The predicted octanol–water partition coefficient (Wildman–Crippen LogP) is 1.80. The lowest BCUT2D eigenvalue weighted by atomic mass is 9.99. The zero-order valence-electron chi connectivity index (χ0n) is 17.0. The fourth-order valence-corrected chi connectivity index (χ4v) is 3.85. The van der Waals surface area contributed by atoms with E-state index in [1.54, 1.807) is 27.7 Å². The first kappa shape index (κ1) is 19.8. The molecule has 1 aromatic heterocycles. The summed E-state index contributed by atoms with van der Waals surface area (Å²) in [5, 5.41) is 19.7. The highest BCUT2D eigenvalue weighted by molar-refractivity contribution is 5.95. The molecule has 9 nitrogen and oxygen atoms in total. The first-order valence-corrected chi connectivity index (χ1v) is 9.65. The number of nitriles is 1. The lowest BCUT2D eigenvalue weighted by Gasteiger charge is -2.33. The standard InChI is InChI=1S/C20H22FN7O2/c1-12-8-17-15(18-19(29)26(3)25(2)6-7-28(18)24-17)11-27(12)20(30)23-14-4-5-16(21)13(9-14)10-22/h4-5,9,12H,6-8,11H2,1-3H3,(H,23,30). The van der Waals surface area contributed by atoms with Gasteiger partial charge in [0, 0.05) is 44.4 Å². The van der Waals surface area contributed by atoms with Crippen LogP contribution >= 0.6 is 0 Å². The van der Waals surface area contributed by atoms with Crippen LogP contribution in [0.5, 0.6) is 0 Å². The van der Waals surface area contributed by atoms with Crippen molar-refractivity contribution >= 4 is 17.6 Å². The van der Waals surface area contributed by atoms with Crippen molar-refractivity contribution in [3.8, 4) is 6.07 Å². The largest absolute Gasteiger partial charge is 0.322 e. The molecule has 1 unspecified atom stereocenters. The van der Waals surface area contributed by atoms with Crippen LogP contribution in [0, 0.1) is 17.1 Å². The molecule has 0 radical (unpaired) electrons. The number of aromatic nitrogens is 2. The molecule has 1 atom stereocenters. The molecule has 0 saturated heterocycles. The summed E-state index contributed by atoms with van der Waals surface area (Å²) in [6, 6.07) is 5.10. The van der Waals surface area contributed by atoms with Gasteiger partial charge in [0.1, 0.15) is 17.6 Å². The average Bonchev–Trinajstić information content (AvgIpc) is 3.03. The molecule has 3 amide bonds. The SMILES string of the molecule is CC1Cc2nn3c(c2CN1C(=O)Nc1ccc(F)c(C#N)c1)C(=O)N(C)N(C)CC3. The van der Waals surface area contributed by atoms with Gasteiger partial charge in [0.15, 0.2) is 0 Å². The average molecular weight is 411 g/mol. The number of hydrogen-bond acceptors (Lipinski definition) is 5. The molecule has 0 spiro atoms. The third-order valence-corrected chi connectivity index (χ3v) is 5.73. The maximum absolute atomic E-state index is 13.5. The topological polar surface area (TPSA) is 97.5 Å². The van der Waals surface area contributed by atoms with Gasteiger partial charge in [-0.3, -0.25) is 14.5 Å². The number of nitrogens with one attached hydrogen (secondary N) is 1. The van der Waals surface area contributed by atoms with E-state index < -0.39 is 5.82 Å². The summed E-state index contributed by atoms with van der Waals surface area (Å²) in [6.45, 7) is 3.40. The molecule has 30 heavy (non-hydrogen) atoms. The van der Waals surface area contributed by atoms with Crippen molar-refractivity contribution in [2.24, 2.45) is 0 Å². The Morgan fingerprint density at radius 2 is 2.10 bits per heavy atom. The number of likely N-dealkylation sites (N-methyl/N-ethyl adjacent to an activating group) is 1. The molecule has 0 saturated carbocycles. The zero-order chi connectivity index (χ0) is 21.6. The summed E-state index contributed by atoms with van der Waals surface area (Å²) in [5.41, 5.74) is 2.30. The number of halogens is 1. The third-order valence-electron chi connectivity index (χ3n) is 5.73. The van der Waals surface area contributed by atoms with Crippen molar-refractivity contribution in [2.75, 3.05) is 26.0 Å². The number of fused-ring (bicyclic) bond motifs is 3. The lowest BCUT2D eigenvalue weighted by Crippen LogP contribution is -2.45. The van der Waals surface area contributed by atoms with Gasteiger partial charge in [0.2, 0.25) is 0 Å². The number of anilines is 1. The molecule has 3 heterocycles. The number of urea groups is 1. The van der Waals surface area contributed by atoms with Gasteiger partial charge in [-0.1, -0.05) is 0 Å². The number of benzene rings is 1. The fourth-order valence-electron chi connectivity index (χ4n) is 3.85. The maximum atomic E-state index is 13.5. The van der Waals surface area contributed by atoms with Gasteiger partial charge in [-0.25, -0.2) is 14.2 Å². The number of rotatable bonds is 1. The van der Waals surface area contributed by atoms with Crippen LogP contribution in [0.4, 0.5) is 14.9 Å². The molecule has 1 N–H and O–H groups in total. The first-order chi connectivity index (χ1) is 14.3. The van der Waals surface area contributed by atoms with Crippen LogP contribution in [0.3, 0.4) is 0 Å². The van der Waals surface area contributed by atoms with Crippen LogP contribution in [0.2, 0.25) is 0 Å². The number of carbonyl (C=O) groups is 2. The fraction of sp³-hybridized carbons (Fsp3) is 0.400. The highest BCUT2D eigenvalue weighted by Gasteiger charge is 2.36. The molecule has 2 aromatic rings. The first-order valence-electron chi connectivity index (χ1n) is 9.65. The van der Waals surface area contributed by atoms with Crippen LogP contribution in [0.25, 0.3) is 0 Å². The van der Waals surface area contributed by atoms with Crippen LogP contribution in [-0.2, 0) is 19.5 Å². The summed E-state index contributed by atoms with van der Waals surface area (Å²) in [7, 11) is 3.56. The van der Waals surface area contributed by atoms with Gasteiger partial charge in [0.25, 0.3) is 5.91 Å². The van der Waals surface area contributed by atoms with E-state index in [0.717, 1.165) is 17.3 Å². The summed E-state index contributed by atoms with van der Waals surface area (Å²) < 4.78 is 15.3. The Balaban J connectivity index is 1.61. The van der Waals surface area contributed by atoms with E-state index in [2.05, 4.69) is 10.4 Å². The van der Waals surface area contributed by atoms with E-state index in [-0.39, 0.29) is 30.1 Å². The number of nitrogens with zero attached hydrogens (tertiary/aromatic N) is 6. The molecular formula is C20H22FN7O2. The molecule has 156 valence electrons. The molecule has 10 heteroatoms. The Hall–Kier alpha value is -3.45. The molecule has 0 aliphatic carbocycles. The van der Waals surface area contributed by atoms with Crippen LogP contribution in [0.1, 0.15) is 34.2 Å². The van der Waals surface area contributed by atoms with Crippen molar-refractivity contribution in [3.63, 3.8) is 0 Å². The van der Waals surface area contributed by atoms with Gasteiger partial charge in [-0.2, -0.15) is 10.4 Å². The van der Waals surface area contributed by atoms with E-state index in [4.69, 9.17) is 5.26 Å². The van der Waals surface area contributed by atoms with Gasteiger partial charge in [0.05, 0.1) is 24.3 Å². The Kier molecular flexibility index (Phi) is 4.91. The van der Waals surface area contributed by atoms with E-state index in [1.807, 2.05) is 19.0 Å². The molecular weight excluding hydrogens is 389 g/mol. The van der Waals surface area contributed by atoms with Crippen molar-refractivity contribution in [1.82, 2.24) is 24.7 Å². The Labute approximate surface area is 173 Å². The van der Waals surface area contributed by atoms with Crippen LogP contribution in [0.15, 0.2) is 18.2 Å². The molecule has 1 aromatic carbocycles. The van der Waals surface area contributed by atoms with Crippen LogP contribution in [-0.4, -0.2) is 63.3 Å². The highest BCUT2D eigenvalue weighted by Crippen LogP contribution is 2.28. The highest BCUT2D eigenvalue weighted by atomic mass is 19.1. The Morgan fingerprint density at radius 3 is 2.83 bits per heavy atom. The molecule has 4 rings (SSSR count). The van der Waals surface area contributed by atoms with E-state index >= 15 is 0 Å². The minimum Gasteiger partial charge on any atom is -0.317 e.